The molecule has 1 aromatic heterocycles. The fourth-order valence-electron chi connectivity index (χ4n) is 2.20. The van der Waals surface area contributed by atoms with Crippen LogP contribution >= 0.6 is 23.4 Å². The van der Waals surface area contributed by atoms with Gasteiger partial charge in [0.05, 0.1) is 0 Å². The van der Waals surface area contributed by atoms with Crippen molar-refractivity contribution in [2.24, 2.45) is 0 Å². The molecule has 0 aliphatic carbocycles. The van der Waals surface area contributed by atoms with Crippen LogP contribution in [-0.4, -0.2) is 23.5 Å². The summed E-state index contributed by atoms with van der Waals surface area (Å²) in [6.07, 6.45) is 8.14. The number of hydrogen-bond donors (Lipinski definition) is 2. The quantitative estimate of drug-likeness (QED) is 0.705. The van der Waals surface area contributed by atoms with Crippen molar-refractivity contribution in [3.05, 3.63) is 35.0 Å². The number of halogens is 1. The Labute approximate surface area is 124 Å². The molecular formula is C15H21ClN2S. The molecule has 4 heteroatoms. The molecule has 0 aliphatic heterocycles. The Kier molecular flexibility index (Phi) is 6.08. The number of aromatic nitrogens is 1. The largest absolute Gasteiger partial charge is 0.361 e. The molecule has 1 aromatic carbocycles. The van der Waals surface area contributed by atoms with Gasteiger partial charge in [-0.1, -0.05) is 24.1 Å². The van der Waals surface area contributed by atoms with E-state index in [4.69, 9.17) is 11.6 Å². The third-order valence-electron chi connectivity index (χ3n) is 3.25. The third-order valence-corrected chi connectivity index (χ3v) is 4.18. The van der Waals surface area contributed by atoms with Crippen molar-refractivity contribution in [3.8, 4) is 0 Å². The minimum absolute atomic E-state index is 0.780. The van der Waals surface area contributed by atoms with Crippen LogP contribution in [-0.2, 0) is 6.54 Å². The Morgan fingerprint density at radius 1 is 1.26 bits per heavy atom. The first kappa shape index (κ1) is 14.8. The van der Waals surface area contributed by atoms with Crippen molar-refractivity contribution >= 4 is 34.3 Å². The summed E-state index contributed by atoms with van der Waals surface area (Å²) < 4.78 is 0. The van der Waals surface area contributed by atoms with Gasteiger partial charge >= 0.3 is 0 Å². The maximum Gasteiger partial charge on any atom is 0.0472 e. The summed E-state index contributed by atoms with van der Waals surface area (Å²) in [7, 11) is 0. The van der Waals surface area contributed by atoms with Crippen LogP contribution in [0.3, 0.4) is 0 Å². The lowest BCUT2D eigenvalue weighted by Crippen LogP contribution is -2.14. The monoisotopic (exact) mass is 296 g/mol. The van der Waals surface area contributed by atoms with E-state index in [0.29, 0.717) is 0 Å². The summed E-state index contributed by atoms with van der Waals surface area (Å²) in [5, 5.41) is 5.56. The number of thioether (sulfide) groups is 1. The van der Waals surface area contributed by atoms with Crippen LogP contribution in [0.15, 0.2) is 24.4 Å². The molecule has 2 nitrogen and oxygen atoms in total. The lowest BCUT2D eigenvalue weighted by Gasteiger charge is -2.04. The first-order chi connectivity index (χ1) is 9.31. The van der Waals surface area contributed by atoms with Crippen LogP contribution < -0.4 is 5.32 Å². The molecule has 0 aliphatic rings. The molecule has 0 unspecified atom stereocenters. The van der Waals surface area contributed by atoms with E-state index in [2.05, 4.69) is 28.8 Å². The molecule has 1 heterocycles. The summed E-state index contributed by atoms with van der Waals surface area (Å²) >= 11 is 7.91. The second-order valence-corrected chi connectivity index (χ2v) is 6.16. The maximum atomic E-state index is 5.98. The van der Waals surface area contributed by atoms with Crippen LogP contribution in [0.5, 0.6) is 0 Å². The van der Waals surface area contributed by atoms with Crippen molar-refractivity contribution in [1.29, 1.82) is 0 Å². The van der Waals surface area contributed by atoms with Gasteiger partial charge in [-0.25, -0.2) is 0 Å². The predicted octanol–water partition coefficient (Wildman–Crippen LogP) is 4.44. The number of hydrogen-bond acceptors (Lipinski definition) is 2. The SMILES string of the molecule is CSCCCCCNCc1c[nH]c2cc(Cl)ccc12. The molecule has 0 saturated carbocycles. The second-order valence-electron chi connectivity index (χ2n) is 4.73. The first-order valence-electron chi connectivity index (χ1n) is 6.76. The molecule has 0 spiro atoms. The summed E-state index contributed by atoms with van der Waals surface area (Å²) in [6.45, 7) is 2.01. The Hall–Kier alpha value is -0.640. The van der Waals surface area contributed by atoms with E-state index in [9.17, 15) is 0 Å². The fraction of sp³-hybridized carbons (Fsp3) is 0.467. The molecule has 19 heavy (non-hydrogen) atoms. The van der Waals surface area contributed by atoms with Gasteiger partial charge in [0.25, 0.3) is 0 Å². The van der Waals surface area contributed by atoms with E-state index in [1.165, 1.54) is 36.0 Å². The van der Waals surface area contributed by atoms with Crippen LogP contribution in [0.25, 0.3) is 10.9 Å². The topological polar surface area (TPSA) is 27.8 Å². The standard InChI is InChI=1S/C15H21ClN2S/c1-19-8-4-2-3-7-17-10-12-11-18-15-9-13(16)5-6-14(12)15/h5-6,9,11,17-18H,2-4,7-8,10H2,1H3. The summed E-state index contributed by atoms with van der Waals surface area (Å²) in [4.78, 5) is 3.27. The zero-order chi connectivity index (χ0) is 13.5. The average molecular weight is 297 g/mol. The third kappa shape index (κ3) is 4.44. The van der Waals surface area contributed by atoms with Crippen LogP contribution in [0.2, 0.25) is 5.02 Å². The molecular weight excluding hydrogens is 276 g/mol. The van der Waals surface area contributed by atoms with Crippen molar-refractivity contribution < 1.29 is 0 Å². The lowest BCUT2D eigenvalue weighted by molar-refractivity contribution is 0.620. The molecule has 0 radical (unpaired) electrons. The highest BCUT2D eigenvalue weighted by atomic mass is 35.5. The normalized spacial score (nSPS) is 11.3. The smallest absolute Gasteiger partial charge is 0.0472 e. The van der Waals surface area contributed by atoms with Gasteiger partial charge < -0.3 is 10.3 Å². The summed E-state index contributed by atoms with van der Waals surface area (Å²) in [6, 6.07) is 6.01. The van der Waals surface area contributed by atoms with Gasteiger partial charge in [0.2, 0.25) is 0 Å². The molecule has 0 saturated heterocycles. The van der Waals surface area contributed by atoms with Crippen LogP contribution in [0.4, 0.5) is 0 Å². The van der Waals surface area contributed by atoms with Crippen molar-refractivity contribution in [2.75, 3.05) is 18.6 Å². The van der Waals surface area contributed by atoms with Gasteiger partial charge in [0, 0.05) is 28.7 Å². The minimum atomic E-state index is 0.780. The van der Waals surface area contributed by atoms with E-state index in [-0.39, 0.29) is 0 Å². The van der Waals surface area contributed by atoms with E-state index in [1.54, 1.807) is 0 Å². The molecule has 0 atom stereocenters. The number of aromatic amines is 1. The number of H-pyrrole nitrogens is 1. The van der Waals surface area contributed by atoms with Gasteiger partial charge in [0.1, 0.15) is 0 Å². The fourth-order valence-corrected chi connectivity index (χ4v) is 2.87. The molecule has 2 aromatic rings. The van der Waals surface area contributed by atoms with Gasteiger partial charge in [-0.2, -0.15) is 11.8 Å². The first-order valence-corrected chi connectivity index (χ1v) is 8.53. The Bertz CT molecular complexity index is 510. The Morgan fingerprint density at radius 3 is 3.00 bits per heavy atom. The summed E-state index contributed by atoms with van der Waals surface area (Å²) in [5.41, 5.74) is 2.43. The zero-order valence-electron chi connectivity index (χ0n) is 11.3. The van der Waals surface area contributed by atoms with Gasteiger partial charge in [0.15, 0.2) is 0 Å². The molecule has 2 rings (SSSR count). The predicted molar refractivity (Wildman–Crippen MR) is 87.2 cm³/mol. The molecule has 2 N–H and O–H groups in total. The van der Waals surface area contributed by atoms with Crippen LogP contribution in [0.1, 0.15) is 24.8 Å². The van der Waals surface area contributed by atoms with Gasteiger partial charge in [-0.15, -0.1) is 0 Å². The number of unbranched alkanes of at least 4 members (excludes halogenated alkanes) is 2. The average Bonchev–Trinajstić information content (AvgIpc) is 2.80. The Balaban J connectivity index is 1.76. The Morgan fingerprint density at radius 2 is 2.16 bits per heavy atom. The van der Waals surface area contributed by atoms with Gasteiger partial charge in [-0.05, 0) is 49.1 Å². The molecule has 0 fully saturated rings. The zero-order valence-corrected chi connectivity index (χ0v) is 12.9. The number of benzene rings is 1. The highest BCUT2D eigenvalue weighted by Crippen LogP contribution is 2.21. The maximum absolute atomic E-state index is 5.98. The highest BCUT2D eigenvalue weighted by Gasteiger charge is 2.03. The summed E-state index contributed by atoms with van der Waals surface area (Å²) in [5.74, 6) is 1.28. The minimum Gasteiger partial charge on any atom is -0.361 e. The van der Waals surface area contributed by atoms with Crippen molar-refractivity contribution in [1.82, 2.24) is 10.3 Å². The van der Waals surface area contributed by atoms with Gasteiger partial charge in [-0.3, -0.25) is 0 Å². The van der Waals surface area contributed by atoms with E-state index < -0.39 is 0 Å². The molecule has 104 valence electrons. The molecule has 0 bridgehead atoms. The van der Waals surface area contributed by atoms with E-state index >= 15 is 0 Å². The number of fused-ring (bicyclic) bond motifs is 1. The number of rotatable bonds is 8. The molecule has 0 amide bonds. The van der Waals surface area contributed by atoms with E-state index in [0.717, 1.165) is 23.6 Å². The lowest BCUT2D eigenvalue weighted by atomic mass is 10.2. The number of nitrogens with one attached hydrogen (secondary N) is 2. The van der Waals surface area contributed by atoms with Crippen LogP contribution in [0, 0.1) is 0 Å². The second kappa shape index (κ2) is 7.83. The van der Waals surface area contributed by atoms with Crippen molar-refractivity contribution in [3.63, 3.8) is 0 Å². The van der Waals surface area contributed by atoms with Crippen molar-refractivity contribution in [2.45, 2.75) is 25.8 Å². The highest BCUT2D eigenvalue weighted by molar-refractivity contribution is 7.98. The van der Waals surface area contributed by atoms with E-state index in [1.807, 2.05) is 23.9 Å².